The third-order valence-corrected chi connectivity index (χ3v) is 3.17. The van der Waals surface area contributed by atoms with Crippen LogP contribution in [0.15, 0.2) is 24.3 Å². The zero-order chi connectivity index (χ0) is 11.9. The molecule has 1 N–H and O–H groups in total. The molecule has 1 heterocycles. The number of methoxy groups -OCH3 is 1. The summed E-state index contributed by atoms with van der Waals surface area (Å²) in [5.41, 5.74) is 1.29. The summed E-state index contributed by atoms with van der Waals surface area (Å²) in [5, 5.41) is 3.35. The monoisotopic (exact) mass is 235 g/mol. The summed E-state index contributed by atoms with van der Waals surface area (Å²) in [4.78, 5) is 0. The normalized spacial score (nSPS) is 19.5. The van der Waals surface area contributed by atoms with Crippen LogP contribution in [-0.2, 0) is 11.2 Å². The third-order valence-electron chi connectivity index (χ3n) is 3.17. The van der Waals surface area contributed by atoms with Gasteiger partial charge in [-0.1, -0.05) is 12.1 Å². The number of nitrogens with one attached hydrogen (secondary N) is 1. The third kappa shape index (κ3) is 4.02. The van der Waals surface area contributed by atoms with Gasteiger partial charge in [-0.3, -0.25) is 0 Å². The van der Waals surface area contributed by atoms with E-state index in [0.717, 1.165) is 38.5 Å². The van der Waals surface area contributed by atoms with Crippen LogP contribution >= 0.6 is 0 Å². The minimum atomic E-state index is 0.670. The van der Waals surface area contributed by atoms with Crippen molar-refractivity contribution in [3.63, 3.8) is 0 Å². The van der Waals surface area contributed by atoms with E-state index in [1.54, 1.807) is 7.11 Å². The smallest absolute Gasteiger partial charge is 0.119 e. The molecule has 0 aliphatic carbocycles. The molecule has 0 saturated carbocycles. The van der Waals surface area contributed by atoms with Crippen LogP contribution in [0.1, 0.15) is 12.0 Å². The molecule has 94 valence electrons. The average molecular weight is 235 g/mol. The van der Waals surface area contributed by atoms with Gasteiger partial charge in [0, 0.05) is 19.6 Å². The molecule has 2 rings (SSSR count). The van der Waals surface area contributed by atoms with Crippen LogP contribution in [-0.4, -0.2) is 33.4 Å². The van der Waals surface area contributed by atoms with Crippen molar-refractivity contribution in [3.8, 4) is 5.75 Å². The molecule has 3 nitrogen and oxygen atoms in total. The second-order valence-electron chi connectivity index (χ2n) is 4.56. The summed E-state index contributed by atoms with van der Waals surface area (Å²) in [5.74, 6) is 1.64. The Bertz CT molecular complexity index is 317. The van der Waals surface area contributed by atoms with E-state index in [1.807, 2.05) is 12.1 Å². The summed E-state index contributed by atoms with van der Waals surface area (Å²) in [6, 6.07) is 8.32. The van der Waals surface area contributed by atoms with Crippen molar-refractivity contribution in [3.05, 3.63) is 29.8 Å². The fraction of sp³-hybridized carbons (Fsp3) is 0.571. The number of hydrogen-bond donors (Lipinski definition) is 1. The second-order valence-corrected chi connectivity index (χ2v) is 4.56. The molecule has 0 amide bonds. The molecule has 1 aromatic rings. The van der Waals surface area contributed by atoms with Crippen LogP contribution in [0.5, 0.6) is 5.75 Å². The maximum absolute atomic E-state index is 5.78. The molecule has 1 saturated heterocycles. The zero-order valence-electron chi connectivity index (χ0n) is 10.4. The van der Waals surface area contributed by atoms with Crippen LogP contribution < -0.4 is 10.1 Å². The first kappa shape index (κ1) is 12.4. The minimum Gasteiger partial charge on any atom is -0.493 e. The van der Waals surface area contributed by atoms with Crippen LogP contribution in [0.4, 0.5) is 0 Å². The standard InChI is InChI=1S/C14H21NO2/c1-16-9-7-12-2-4-14(5-3-12)17-11-13-6-8-15-10-13/h2-5,13,15H,6-11H2,1H3/t13-/m1/s1. The Labute approximate surface area is 103 Å². The van der Waals surface area contributed by atoms with E-state index in [1.165, 1.54) is 12.0 Å². The summed E-state index contributed by atoms with van der Waals surface area (Å²) >= 11 is 0. The molecule has 1 aliphatic rings. The van der Waals surface area contributed by atoms with Gasteiger partial charge in [-0.15, -0.1) is 0 Å². The molecule has 1 aliphatic heterocycles. The number of rotatable bonds is 6. The van der Waals surface area contributed by atoms with E-state index in [0.29, 0.717) is 5.92 Å². The average Bonchev–Trinajstić information content (AvgIpc) is 2.88. The van der Waals surface area contributed by atoms with E-state index in [-0.39, 0.29) is 0 Å². The van der Waals surface area contributed by atoms with E-state index < -0.39 is 0 Å². The van der Waals surface area contributed by atoms with Crippen LogP contribution in [0.3, 0.4) is 0 Å². The lowest BCUT2D eigenvalue weighted by Crippen LogP contribution is -2.15. The molecule has 0 bridgehead atoms. The highest BCUT2D eigenvalue weighted by atomic mass is 16.5. The Morgan fingerprint density at radius 3 is 2.76 bits per heavy atom. The molecular formula is C14H21NO2. The molecule has 1 fully saturated rings. The summed E-state index contributed by atoms with van der Waals surface area (Å²) < 4.78 is 10.8. The molecule has 0 radical (unpaired) electrons. The Balaban J connectivity index is 1.76. The molecule has 1 aromatic carbocycles. The Hall–Kier alpha value is -1.06. The topological polar surface area (TPSA) is 30.5 Å². The highest BCUT2D eigenvalue weighted by Crippen LogP contribution is 2.15. The zero-order valence-corrected chi connectivity index (χ0v) is 10.4. The molecular weight excluding hydrogens is 214 g/mol. The second kappa shape index (κ2) is 6.62. The summed E-state index contributed by atoms with van der Waals surface area (Å²) in [6.07, 6.45) is 2.19. The predicted molar refractivity (Wildman–Crippen MR) is 68.5 cm³/mol. The lowest BCUT2D eigenvalue weighted by Gasteiger charge is -2.11. The number of benzene rings is 1. The predicted octanol–water partition coefficient (Wildman–Crippen LogP) is 1.86. The summed E-state index contributed by atoms with van der Waals surface area (Å²) in [6.45, 7) is 3.81. The van der Waals surface area contributed by atoms with E-state index in [4.69, 9.17) is 9.47 Å². The summed E-state index contributed by atoms with van der Waals surface area (Å²) in [7, 11) is 1.73. The van der Waals surface area contributed by atoms with E-state index >= 15 is 0 Å². The van der Waals surface area contributed by atoms with Gasteiger partial charge in [-0.05, 0) is 37.1 Å². The van der Waals surface area contributed by atoms with E-state index in [2.05, 4.69) is 17.4 Å². The van der Waals surface area contributed by atoms with Crippen molar-refractivity contribution in [2.24, 2.45) is 5.92 Å². The minimum absolute atomic E-state index is 0.670. The maximum Gasteiger partial charge on any atom is 0.119 e. The Morgan fingerprint density at radius 2 is 2.12 bits per heavy atom. The molecule has 0 spiro atoms. The van der Waals surface area contributed by atoms with Crippen molar-refractivity contribution in [2.75, 3.05) is 33.4 Å². The van der Waals surface area contributed by atoms with Crippen molar-refractivity contribution < 1.29 is 9.47 Å². The van der Waals surface area contributed by atoms with Crippen molar-refractivity contribution >= 4 is 0 Å². The first-order chi connectivity index (χ1) is 8.38. The number of ether oxygens (including phenoxy) is 2. The molecule has 17 heavy (non-hydrogen) atoms. The molecule has 0 aromatic heterocycles. The van der Waals surface area contributed by atoms with Crippen LogP contribution in [0.2, 0.25) is 0 Å². The van der Waals surface area contributed by atoms with Gasteiger partial charge in [-0.25, -0.2) is 0 Å². The fourth-order valence-corrected chi connectivity index (χ4v) is 2.04. The van der Waals surface area contributed by atoms with Gasteiger partial charge in [0.25, 0.3) is 0 Å². The van der Waals surface area contributed by atoms with Gasteiger partial charge in [0.2, 0.25) is 0 Å². The van der Waals surface area contributed by atoms with Crippen molar-refractivity contribution in [1.82, 2.24) is 5.32 Å². The van der Waals surface area contributed by atoms with Crippen molar-refractivity contribution in [1.29, 1.82) is 0 Å². The Morgan fingerprint density at radius 1 is 1.29 bits per heavy atom. The molecule has 3 heteroatoms. The van der Waals surface area contributed by atoms with Crippen LogP contribution in [0, 0.1) is 5.92 Å². The lowest BCUT2D eigenvalue weighted by molar-refractivity contribution is 0.202. The maximum atomic E-state index is 5.78. The quantitative estimate of drug-likeness (QED) is 0.816. The largest absolute Gasteiger partial charge is 0.493 e. The van der Waals surface area contributed by atoms with Gasteiger partial charge < -0.3 is 14.8 Å². The van der Waals surface area contributed by atoms with Gasteiger partial charge >= 0.3 is 0 Å². The van der Waals surface area contributed by atoms with Gasteiger partial charge in [0.05, 0.1) is 13.2 Å². The van der Waals surface area contributed by atoms with E-state index in [9.17, 15) is 0 Å². The first-order valence-corrected chi connectivity index (χ1v) is 6.30. The van der Waals surface area contributed by atoms with Crippen molar-refractivity contribution in [2.45, 2.75) is 12.8 Å². The highest BCUT2D eigenvalue weighted by Gasteiger charge is 2.14. The highest BCUT2D eigenvalue weighted by molar-refractivity contribution is 5.27. The number of hydrogen-bond acceptors (Lipinski definition) is 3. The Kier molecular flexibility index (Phi) is 4.83. The molecule has 1 atom stereocenters. The lowest BCUT2D eigenvalue weighted by atomic mass is 10.1. The fourth-order valence-electron chi connectivity index (χ4n) is 2.04. The first-order valence-electron chi connectivity index (χ1n) is 6.30. The molecule has 0 unspecified atom stereocenters. The van der Waals surface area contributed by atoms with Gasteiger partial charge in [-0.2, -0.15) is 0 Å². The van der Waals surface area contributed by atoms with Gasteiger partial charge in [0.1, 0.15) is 5.75 Å². The van der Waals surface area contributed by atoms with Crippen LogP contribution in [0.25, 0.3) is 0 Å². The SMILES string of the molecule is COCCc1ccc(OC[C@@H]2CCNC2)cc1. The van der Waals surface area contributed by atoms with Gasteiger partial charge in [0.15, 0.2) is 0 Å².